The van der Waals surface area contributed by atoms with E-state index in [0.717, 1.165) is 26.1 Å². The Bertz CT molecular complexity index is 361. The summed E-state index contributed by atoms with van der Waals surface area (Å²) in [4.78, 5) is 6.58. The Balaban J connectivity index is 2.87. The highest BCUT2D eigenvalue weighted by atomic mass is 15.2. The molecule has 0 radical (unpaired) electrons. The zero-order valence-electron chi connectivity index (χ0n) is 11.8. The van der Waals surface area contributed by atoms with Crippen LogP contribution in [-0.2, 0) is 6.54 Å². The molecule has 3 nitrogen and oxygen atoms in total. The van der Waals surface area contributed by atoms with E-state index in [1.807, 2.05) is 18.5 Å². The number of aromatic nitrogens is 1. The summed E-state index contributed by atoms with van der Waals surface area (Å²) in [5.74, 6) is 0. The smallest absolute Gasteiger partial charge is 0.0603 e. The zero-order chi connectivity index (χ0) is 13.4. The fourth-order valence-electron chi connectivity index (χ4n) is 1.95. The SMILES string of the molecule is C=CCN(c1cnccc1CNCCC)C(C)C. The quantitative estimate of drug-likeness (QED) is 0.565. The average molecular weight is 247 g/mol. The first-order valence-electron chi connectivity index (χ1n) is 6.71. The molecule has 0 fully saturated rings. The summed E-state index contributed by atoms with van der Waals surface area (Å²) in [6.07, 6.45) is 6.91. The average Bonchev–Trinajstić information content (AvgIpc) is 2.37. The lowest BCUT2D eigenvalue weighted by Crippen LogP contribution is -2.32. The van der Waals surface area contributed by atoms with Crippen molar-refractivity contribution in [3.63, 3.8) is 0 Å². The van der Waals surface area contributed by atoms with Crippen LogP contribution in [0.1, 0.15) is 32.8 Å². The standard InChI is InChI=1S/C15H25N3/c1-5-8-16-11-14-7-9-17-12-15(14)18(10-6-2)13(3)4/h6-7,9,12-13,16H,2,5,8,10-11H2,1,3-4H3. The summed E-state index contributed by atoms with van der Waals surface area (Å²) in [7, 11) is 0. The second-order valence-electron chi connectivity index (χ2n) is 4.72. The van der Waals surface area contributed by atoms with Gasteiger partial charge in [0, 0.05) is 25.3 Å². The first-order valence-corrected chi connectivity index (χ1v) is 6.71. The molecule has 1 N–H and O–H groups in total. The highest BCUT2D eigenvalue weighted by Gasteiger charge is 2.12. The van der Waals surface area contributed by atoms with Gasteiger partial charge in [-0.15, -0.1) is 6.58 Å². The van der Waals surface area contributed by atoms with E-state index in [4.69, 9.17) is 0 Å². The minimum absolute atomic E-state index is 0.442. The van der Waals surface area contributed by atoms with Crippen molar-refractivity contribution in [2.45, 2.75) is 39.8 Å². The third-order valence-electron chi connectivity index (χ3n) is 2.89. The fourth-order valence-corrected chi connectivity index (χ4v) is 1.95. The van der Waals surface area contributed by atoms with E-state index < -0.39 is 0 Å². The van der Waals surface area contributed by atoms with E-state index in [1.54, 1.807) is 0 Å². The minimum Gasteiger partial charge on any atom is -0.364 e. The maximum atomic E-state index is 4.26. The van der Waals surface area contributed by atoms with Crippen molar-refractivity contribution in [2.24, 2.45) is 0 Å². The van der Waals surface area contributed by atoms with Gasteiger partial charge in [0.15, 0.2) is 0 Å². The minimum atomic E-state index is 0.442. The Kier molecular flexibility index (Phi) is 6.44. The molecule has 0 aliphatic heterocycles. The topological polar surface area (TPSA) is 28.2 Å². The van der Waals surface area contributed by atoms with Crippen molar-refractivity contribution < 1.29 is 0 Å². The highest BCUT2D eigenvalue weighted by Crippen LogP contribution is 2.21. The van der Waals surface area contributed by atoms with E-state index in [2.05, 4.69) is 48.6 Å². The Morgan fingerprint density at radius 3 is 2.89 bits per heavy atom. The van der Waals surface area contributed by atoms with Gasteiger partial charge in [0.1, 0.15) is 0 Å². The van der Waals surface area contributed by atoms with Gasteiger partial charge in [-0.2, -0.15) is 0 Å². The van der Waals surface area contributed by atoms with Crippen LogP contribution in [0.15, 0.2) is 31.1 Å². The first kappa shape index (κ1) is 14.7. The summed E-state index contributed by atoms with van der Waals surface area (Å²) in [5, 5.41) is 3.45. The van der Waals surface area contributed by atoms with E-state index in [9.17, 15) is 0 Å². The molecule has 0 saturated heterocycles. The van der Waals surface area contributed by atoms with E-state index in [-0.39, 0.29) is 0 Å². The van der Waals surface area contributed by atoms with Gasteiger partial charge < -0.3 is 10.2 Å². The summed E-state index contributed by atoms with van der Waals surface area (Å²) in [6.45, 7) is 13.2. The molecule has 100 valence electrons. The molecule has 0 aliphatic rings. The molecule has 0 spiro atoms. The maximum absolute atomic E-state index is 4.26. The van der Waals surface area contributed by atoms with Crippen LogP contribution >= 0.6 is 0 Å². The molecular weight excluding hydrogens is 222 g/mol. The van der Waals surface area contributed by atoms with E-state index >= 15 is 0 Å². The molecule has 1 heterocycles. The van der Waals surface area contributed by atoms with Gasteiger partial charge in [-0.1, -0.05) is 13.0 Å². The Morgan fingerprint density at radius 1 is 1.50 bits per heavy atom. The first-order chi connectivity index (χ1) is 8.70. The van der Waals surface area contributed by atoms with Crippen molar-refractivity contribution in [1.82, 2.24) is 10.3 Å². The van der Waals surface area contributed by atoms with Crippen LogP contribution in [0.2, 0.25) is 0 Å². The van der Waals surface area contributed by atoms with Crippen LogP contribution < -0.4 is 10.2 Å². The molecule has 1 aromatic rings. The second kappa shape index (κ2) is 7.88. The second-order valence-corrected chi connectivity index (χ2v) is 4.72. The fraction of sp³-hybridized carbons (Fsp3) is 0.533. The van der Waals surface area contributed by atoms with Crippen LogP contribution in [-0.4, -0.2) is 24.1 Å². The summed E-state index contributed by atoms with van der Waals surface area (Å²) < 4.78 is 0. The molecule has 3 heteroatoms. The van der Waals surface area contributed by atoms with Gasteiger partial charge in [-0.05, 0) is 38.4 Å². The Labute approximate surface area is 111 Å². The molecule has 18 heavy (non-hydrogen) atoms. The molecule has 0 aromatic carbocycles. The lowest BCUT2D eigenvalue weighted by Gasteiger charge is -2.29. The van der Waals surface area contributed by atoms with Gasteiger partial charge in [0.05, 0.1) is 11.9 Å². The summed E-state index contributed by atoms with van der Waals surface area (Å²) >= 11 is 0. The van der Waals surface area contributed by atoms with E-state index in [1.165, 1.54) is 11.3 Å². The van der Waals surface area contributed by atoms with Gasteiger partial charge >= 0.3 is 0 Å². The van der Waals surface area contributed by atoms with Crippen LogP contribution in [0.5, 0.6) is 0 Å². The summed E-state index contributed by atoms with van der Waals surface area (Å²) in [6, 6.07) is 2.54. The lowest BCUT2D eigenvalue weighted by molar-refractivity contribution is 0.664. The Hall–Kier alpha value is -1.35. The van der Waals surface area contributed by atoms with Gasteiger partial charge in [0.25, 0.3) is 0 Å². The number of anilines is 1. The zero-order valence-corrected chi connectivity index (χ0v) is 11.8. The third kappa shape index (κ3) is 4.15. The van der Waals surface area contributed by atoms with Crippen molar-refractivity contribution >= 4 is 5.69 Å². The monoisotopic (exact) mass is 247 g/mol. The van der Waals surface area contributed by atoms with Crippen molar-refractivity contribution in [3.05, 3.63) is 36.7 Å². The van der Waals surface area contributed by atoms with E-state index in [0.29, 0.717) is 6.04 Å². The largest absolute Gasteiger partial charge is 0.364 e. The number of hydrogen-bond donors (Lipinski definition) is 1. The van der Waals surface area contributed by atoms with Gasteiger partial charge in [-0.3, -0.25) is 4.98 Å². The van der Waals surface area contributed by atoms with Crippen LogP contribution in [0, 0.1) is 0 Å². The predicted molar refractivity (Wildman–Crippen MR) is 78.9 cm³/mol. The van der Waals surface area contributed by atoms with Gasteiger partial charge in [-0.25, -0.2) is 0 Å². The number of nitrogens with one attached hydrogen (secondary N) is 1. The number of nitrogens with zero attached hydrogens (tertiary/aromatic N) is 2. The van der Waals surface area contributed by atoms with Crippen molar-refractivity contribution in [3.8, 4) is 0 Å². The van der Waals surface area contributed by atoms with Crippen LogP contribution in [0.3, 0.4) is 0 Å². The molecule has 0 saturated carbocycles. The Morgan fingerprint density at radius 2 is 2.28 bits per heavy atom. The molecule has 1 aromatic heterocycles. The third-order valence-corrected chi connectivity index (χ3v) is 2.89. The maximum Gasteiger partial charge on any atom is 0.0603 e. The van der Waals surface area contributed by atoms with Crippen LogP contribution in [0.25, 0.3) is 0 Å². The van der Waals surface area contributed by atoms with Crippen molar-refractivity contribution in [1.29, 1.82) is 0 Å². The van der Waals surface area contributed by atoms with Gasteiger partial charge in [0.2, 0.25) is 0 Å². The predicted octanol–water partition coefficient (Wildman–Crippen LogP) is 2.98. The molecule has 1 rings (SSSR count). The van der Waals surface area contributed by atoms with Crippen LogP contribution in [0.4, 0.5) is 5.69 Å². The highest BCUT2D eigenvalue weighted by molar-refractivity contribution is 5.52. The molecular formula is C15H25N3. The molecule has 0 unspecified atom stereocenters. The summed E-state index contributed by atoms with van der Waals surface area (Å²) in [5.41, 5.74) is 2.50. The molecule has 0 atom stereocenters. The van der Waals surface area contributed by atoms with Crippen molar-refractivity contribution in [2.75, 3.05) is 18.0 Å². The molecule has 0 aliphatic carbocycles. The number of rotatable bonds is 8. The molecule has 0 bridgehead atoms. The number of pyridine rings is 1. The molecule has 0 amide bonds. The number of hydrogen-bond acceptors (Lipinski definition) is 3. The lowest BCUT2D eigenvalue weighted by atomic mass is 10.1. The normalized spacial score (nSPS) is 10.7.